The molecule has 4 heterocycles. The first-order valence-corrected chi connectivity index (χ1v) is 10.8. The minimum Gasteiger partial charge on any atom is -0.497 e. The summed E-state index contributed by atoms with van der Waals surface area (Å²) in [4.78, 5) is 30.2. The van der Waals surface area contributed by atoms with E-state index in [4.69, 9.17) is 4.74 Å². The molecule has 158 valence electrons. The highest BCUT2D eigenvalue weighted by Gasteiger charge is 2.25. The van der Waals surface area contributed by atoms with Gasteiger partial charge in [0.25, 0.3) is 11.7 Å². The Morgan fingerprint density at radius 2 is 1.87 bits per heavy atom. The molecule has 1 fully saturated rings. The number of carbonyl (C=O) groups excluding carboxylic acids is 1. The largest absolute Gasteiger partial charge is 0.497 e. The van der Waals surface area contributed by atoms with E-state index in [0.29, 0.717) is 37.7 Å². The zero-order valence-corrected chi connectivity index (χ0v) is 18.0. The summed E-state index contributed by atoms with van der Waals surface area (Å²) in [6.07, 6.45) is 1.51. The number of ether oxygens (including phenoxy) is 1. The van der Waals surface area contributed by atoms with Gasteiger partial charge in [0.05, 0.1) is 7.11 Å². The van der Waals surface area contributed by atoms with Crippen LogP contribution in [0.4, 0.5) is 5.82 Å². The number of carbonyl (C=O) groups is 1. The highest BCUT2D eigenvalue weighted by atomic mass is 32.1. The van der Waals surface area contributed by atoms with E-state index < -0.39 is 0 Å². The predicted octanol–water partition coefficient (Wildman–Crippen LogP) is 2.53. The van der Waals surface area contributed by atoms with E-state index in [2.05, 4.69) is 25.0 Å². The van der Waals surface area contributed by atoms with Gasteiger partial charge in [0.2, 0.25) is 0 Å². The van der Waals surface area contributed by atoms with Gasteiger partial charge in [0, 0.05) is 48.9 Å². The number of amides is 1. The van der Waals surface area contributed by atoms with Crippen molar-refractivity contribution in [2.45, 2.75) is 6.92 Å². The zero-order chi connectivity index (χ0) is 21.4. The number of nitrogens with zero attached hydrogens (tertiary/aromatic N) is 7. The summed E-state index contributed by atoms with van der Waals surface area (Å²) in [6, 6.07) is 9.69. The Labute approximate surface area is 182 Å². The Kier molecular flexibility index (Phi) is 4.99. The number of anilines is 1. The van der Waals surface area contributed by atoms with Crippen molar-refractivity contribution in [3.05, 3.63) is 53.4 Å². The number of methoxy groups -OCH3 is 1. The Hall–Kier alpha value is -3.53. The second-order valence-corrected chi connectivity index (χ2v) is 8.13. The van der Waals surface area contributed by atoms with E-state index in [0.717, 1.165) is 27.8 Å². The van der Waals surface area contributed by atoms with Crippen LogP contribution in [-0.2, 0) is 0 Å². The second-order valence-electron chi connectivity index (χ2n) is 7.27. The van der Waals surface area contributed by atoms with Gasteiger partial charge in [0.1, 0.15) is 28.6 Å². The zero-order valence-electron chi connectivity index (χ0n) is 17.2. The van der Waals surface area contributed by atoms with E-state index in [9.17, 15) is 4.79 Å². The molecular weight excluding hydrogens is 414 g/mol. The molecular formula is C21H21N7O2S. The Bertz CT molecular complexity index is 1230. The first-order valence-electron chi connectivity index (χ1n) is 9.94. The monoisotopic (exact) mass is 435 g/mol. The third-order valence-electron chi connectivity index (χ3n) is 5.31. The molecule has 0 bridgehead atoms. The number of hydrogen-bond donors (Lipinski definition) is 0. The molecule has 5 rings (SSSR count). The first kappa shape index (κ1) is 19.4. The maximum absolute atomic E-state index is 13.0. The number of aromatic nitrogens is 5. The summed E-state index contributed by atoms with van der Waals surface area (Å²) in [5, 5.41) is 6.94. The topological polar surface area (TPSA) is 88.8 Å². The normalized spacial score (nSPS) is 14.3. The van der Waals surface area contributed by atoms with Crippen LogP contribution >= 0.6 is 11.3 Å². The fraction of sp³-hybridized carbons (Fsp3) is 0.286. The molecule has 0 unspecified atom stereocenters. The third-order valence-corrected chi connectivity index (χ3v) is 6.20. The molecule has 0 atom stereocenters. The fourth-order valence-corrected chi connectivity index (χ4v) is 4.48. The minimum atomic E-state index is -0.0347. The van der Waals surface area contributed by atoms with Crippen molar-refractivity contribution in [2.75, 3.05) is 38.2 Å². The van der Waals surface area contributed by atoms with Gasteiger partial charge in [-0.3, -0.25) is 4.79 Å². The predicted molar refractivity (Wildman–Crippen MR) is 118 cm³/mol. The van der Waals surface area contributed by atoms with Gasteiger partial charge < -0.3 is 14.5 Å². The van der Waals surface area contributed by atoms with Crippen molar-refractivity contribution in [1.29, 1.82) is 0 Å². The van der Waals surface area contributed by atoms with Gasteiger partial charge in [-0.1, -0.05) is 0 Å². The molecule has 1 aromatic carbocycles. The summed E-state index contributed by atoms with van der Waals surface area (Å²) in [6.45, 7) is 4.59. The molecule has 0 N–H and O–H groups in total. The van der Waals surface area contributed by atoms with E-state index in [1.54, 1.807) is 11.6 Å². The summed E-state index contributed by atoms with van der Waals surface area (Å²) in [5.41, 5.74) is 2.35. The average molecular weight is 436 g/mol. The third kappa shape index (κ3) is 3.70. The second kappa shape index (κ2) is 7.95. The van der Waals surface area contributed by atoms with Gasteiger partial charge >= 0.3 is 0 Å². The van der Waals surface area contributed by atoms with E-state index in [1.165, 1.54) is 17.7 Å². The van der Waals surface area contributed by atoms with Crippen LogP contribution in [0, 0.1) is 6.92 Å². The molecule has 4 aromatic rings. The lowest BCUT2D eigenvalue weighted by atomic mass is 10.2. The molecule has 31 heavy (non-hydrogen) atoms. The lowest BCUT2D eigenvalue weighted by molar-refractivity contribution is 0.0741. The Balaban J connectivity index is 1.28. The molecule has 0 aliphatic carbocycles. The molecule has 9 nitrogen and oxygen atoms in total. The molecule has 1 aliphatic rings. The summed E-state index contributed by atoms with van der Waals surface area (Å²) >= 11 is 1.47. The van der Waals surface area contributed by atoms with E-state index >= 15 is 0 Å². The lowest BCUT2D eigenvalue weighted by Gasteiger charge is -2.35. The van der Waals surface area contributed by atoms with Gasteiger partial charge in [-0.2, -0.15) is 14.6 Å². The van der Waals surface area contributed by atoms with Crippen molar-refractivity contribution in [1.82, 2.24) is 29.5 Å². The maximum Gasteiger partial charge on any atom is 0.273 e. The highest BCUT2D eigenvalue weighted by molar-refractivity contribution is 7.13. The van der Waals surface area contributed by atoms with Gasteiger partial charge in [-0.25, -0.2) is 9.97 Å². The number of aryl methyl sites for hydroxylation is 1. The smallest absolute Gasteiger partial charge is 0.273 e. The van der Waals surface area contributed by atoms with Crippen molar-refractivity contribution >= 4 is 28.8 Å². The minimum absolute atomic E-state index is 0.0347. The van der Waals surface area contributed by atoms with Crippen LogP contribution in [0.25, 0.3) is 16.3 Å². The van der Waals surface area contributed by atoms with Crippen LogP contribution in [0.1, 0.15) is 16.2 Å². The summed E-state index contributed by atoms with van der Waals surface area (Å²) in [5.74, 6) is 2.29. The SMILES string of the molecule is COc1ccc(-c2nc(C(=O)N3CCN(c4cc(C)nc5ncnn45)CC3)cs2)cc1. The van der Waals surface area contributed by atoms with Crippen LogP contribution in [0.15, 0.2) is 42.0 Å². The maximum atomic E-state index is 13.0. The Morgan fingerprint density at radius 1 is 1.10 bits per heavy atom. The highest BCUT2D eigenvalue weighted by Crippen LogP contribution is 2.26. The van der Waals surface area contributed by atoms with Gasteiger partial charge in [0.15, 0.2) is 0 Å². The summed E-state index contributed by atoms with van der Waals surface area (Å²) in [7, 11) is 1.64. The lowest BCUT2D eigenvalue weighted by Crippen LogP contribution is -2.49. The van der Waals surface area contributed by atoms with E-state index in [-0.39, 0.29) is 5.91 Å². The molecule has 0 saturated carbocycles. The molecule has 10 heteroatoms. The molecule has 1 aliphatic heterocycles. The van der Waals surface area contributed by atoms with Crippen LogP contribution in [-0.4, -0.2) is 68.7 Å². The van der Waals surface area contributed by atoms with Crippen molar-refractivity contribution in [2.24, 2.45) is 0 Å². The van der Waals surface area contributed by atoms with Crippen LogP contribution in [0.3, 0.4) is 0 Å². The summed E-state index contributed by atoms with van der Waals surface area (Å²) < 4.78 is 6.94. The van der Waals surface area contributed by atoms with Gasteiger partial charge in [-0.15, -0.1) is 11.3 Å². The number of hydrogen-bond acceptors (Lipinski definition) is 8. The van der Waals surface area contributed by atoms with E-state index in [1.807, 2.05) is 47.5 Å². The number of rotatable bonds is 4. The van der Waals surface area contributed by atoms with Crippen LogP contribution in [0.2, 0.25) is 0 Å². The number of benzene rings is 1. The number of thiazole rings is 1. The van der Waals surface area contributed by atoms with Gasteiger partial charge in [-0.05, 0) is 31.2 Å². The number of fused-ring (bicyclic) bond motifs is 1. The molecule has 1 amide bonds. The van der Waals surface area contributed by atoms with Crippen molar-refractivity contribution in [3.8, 4) is 16.3 Å². The van der Waals surface area contributed by atoms with Crippen molar-refractivity contribution in [3.63, 3.8) is 0 Å². The molecule has 1 saturated heterocycles. The van der Waals surface area contributed by atoms with Crippen LogP contribution in [0.5, 0.6) is 5.75 Å². The Morgan fingerprint density at radius 3 is 2.61 bits per heavy atom. The molecule has 0 spiro atoms. The molecule has 3 aromatic heterocycles. The molecule has 0 radical (unpaired) electrons. The first-order chi connectivity index (χ1) is 15.1. The fourth-order valence-electron chi connectivity index (χ4n) is 3.68. The standard InChI is InChI=1S/C21H21N7O2S/c1-14-11-18(28-21(24-14)22-13-23-28)26-7-9-27(10-8-26)20(29)17-12-31-19(25-17)15-3-5-16(30-2)6-4-15/h3-6,11-13H,7-10H2,1-2H3. The van der Waals surface area contributed by atoms with Crippen molar-refractivity contribution < 1.29 is 9.53 Å². The van der Waals surface area contributed by atoms with Crippen LogP contribution < -0.4 is 9.64 Å². The quantitative estimate of drug-likeness (QED) is 0.487. The average Bonchev–Trinajstić information content (AvgIpc) is 3.48. The number of piperazine rings is 1.